The number of carboxylic acid groups (broad SMARTS) is 1. The summed E-state index contributed by atoms with van der Waals surface area (Å²) < 4.78 is 5.20. The standard InChI is InChI=1S/C14H18N2O4/c15-8-4-9-16(11-12-5-3-10-20-12)13(17)6-1-2-7-14(18)19/h3,5,10H,1-2,4,6-7,9,11H2,(H,18,19). The minimum absolute atomic E-state index is 0.0731. The zero-order chi connectivity index (χ0) is 14.8. The molecule has 6 nitrogen and oxygen atoms in total. The van der Waals surface area contributed by atoms with Crippen molar-refractivity contribution in [2.24, 2.45) is 0 Å². The van der Waals surface area contributed by atoms with Crippen molar-refractivity contribution in [3.63, 3.8) is 0 Å². The molecule has 0 saturated heterocycles. The van der Waals surface area contributed by atoms with Gasteiger partial charge in [-0.3, -0.25) is 9.59 Å². The molecular weight excluding hydrogens is 260 g/mol. The number of carboxylic acids is 1. The molecule has 0 saturated carbocycles. The van der Waals surface area contributed by atoms with Gasteiger partial charge in [-0.1, -0.05) is 0 Å². The van der Waals surface area contributed by atoms with Crippen LogP contribution in [0.4, 0.5) is 0 Å². The highest BCUT2D eigenvalue weighted by Gasteiger charge is 2.14. The molecular formula is C14H18N2O4. The van der Waals surface area contributed by atoms with Crippen LogP contribution in [0.3, 0.4) is 0 Å². The van der Waals surface area contributed by atoms with Gasteiger partial charge < -0.3 is 14.4 Å². The minimum atomic E-state index is -0.852. The van der Waals surface area contributed by atoms with Gasteiger partial charge in [-0.2, -0.15) is 5.26 Å². The maximum absolute atomic E-state index is 12.0. The summed E-state index contributed by atoms with van der Waals surface area (Å²) in [7, 11) is 0. The zero-order valence-corrected chi connectivity index (χ0v) is 11.2. The van der Waals surface area contributed by atoms with Crippen molar-refractivity contribution in [1.29, 1.82) is 5.26 Å². The van der Waals surface area contributed by atoms with Crippen LogP contribution in [0, 0.1) is 11.3 Å². The Balaban J connectivity index is 2.43. The summed E-state index contributed by atoms with van der Waals surface area (Å²) in [5.41, 5.74) is 0. The lowest BCUT2D eigenvalue weighted by molar-refractivity contribution is -0.137. The first-order valence-electron chi connectivity index (χ1n) is 6.52. The highest BCUT2D eigenvalue weighted by Crippen LogP contribution is 2.10. The van der Waals surface area contributed by atoms with Crippen molar-refractivity contribution in [2.45, 2.75) is 38.6 Å². The predicted molar refractivity (Wildman–Crippen MR) is 70.5 cm³/mol. The number of furan rings is 1. The molecule has 0 spiro atoms. The monoisotopic (exact) mass is 278 g/mol. The Labute approximate surface area is 117 Å². The average molecular weight is 278 g/mol. The third-order valence-corrected chi connectivity index (χ3v) is 2.80. The Morgan fingerprint density at radius 2 is 2.10 bits per heavy atom. The van der Waals surface area contributed by atoms with E-state index < -0.39 is 5.97 Å². The molecule has 0 aromatic carbocycles. The van der Waals surface area contributed by atoms with E-state index in [-0.39, 0.29) is 18.7 Å². The number of rotatable bonds is 9. The van der Waals surface area contributed by atoms with Crippen molar-refractivity contribution < 1.29 is 19.1 Å². The highest BCUT2D eigenvalue weighted by molar-refractivity contribution is 5.76. The van der Waals surface area contributed by atoms with Crippen molar-refractivity contribution in [1.82, 2.24) is 4.90 Å². The summed E-state index contributed by atoms with van der Waals surface area (Å²) in [4.78, 5) is 24.0. The first-order chi connectivity index (χ1) is 9.63. The van der Waals surface area contributed by atoms with E-state index >= 15 is 0 Å². The second kappa shape index (κ2) is 8.75. The van der Waals surface area contributed by atoms with Gasteiger partial charge in [0.1, 0.15) is 5.76 Å². The van der Waals surface area contributed by atoms with Gasteiger partial charge in [-0.15, -0.1) is 0 Å². The molecule has 20 heavy (non-hydrogen) atoms. The van der Waals surface area contributed by atoms with Crippen LogP contribution in [0.25, 0.3) is 0 Å². The number of nitrogens with zero attached hydrogens (tertiary/aromatic N) is 2. The number of carbonyl (C=O) groups is 2. The fourth-order valence-electron chi connectivity index (χ4n) is 1.78. The molecule has 6 heteroatoms. The number of carbonyl (C=O) groups excluding carboxylic acids is 1. The van der Waals surface area contributed by atoms with E-state index in [2.05, 4.69) is 0 Å². The number of hydrogen-bond acceptors (Lipinski definition) is 4. The normalized spacial score (nSPS) is 9.95. The number of unbranched alkanes of at least 4 members (excludes halogenated alkanes) is 1. The second-order valence-electron chi connectivity index (χ2n) is 4.40. The molecule has 0 radical (unpaired) electrons. The van der Waals surface area contributed by atoms with Crippen LogP contribution in [0.5, 0.6) is 0 Å². The first-order valence-corrected chi connectivity index (χ1v) is 6.52. The van der Waals surface area contributed by atoms with Crippen LogP contribution in [0.1, 0.15) is 37.9 Å². The molecule has 1 amide bonds. The molecule has 1 N–H and O–H groups in total. The largest absolute Gasteiger partial charge is 0.481 e. The Hall–Kier alpha value is -2.29. The zero-order valence-electron chi connectivity index (χ0n) is 11.2. The molecule has 1 rings (SSSR count). The van der Waals surface area contributed by atoms with E-state index in [1.54, 1.807) is 17.0 Å². The molecule has 0 atom stereocenters. The van der Waals surface area contributed by atoms with Crippen molar-refractivity contribution in [3.8, 4) is 6.07 Å². The second-order valence-corrected chi connectivity index (χ2v) is 4.40. The SMILES string of the molecule is N#CCCN(Cc1ccco1)C(=O)CCCCC(=O)O. The molecule has 1 aromatic rings. The Morgan fingerprint density at radius 3 is 2.70 bits per heavy atom. The predicted octanol–water partition coefficient (Wildman–Crippen LogP) is 2.17. The lowest BCUT2D eigenvalue weighted by Gasteiger charge is -2.20. The molecule has 0 aliphatic carbocycles. The lowest BCUT2D eigenvalue weighted by Crippen LogP contribution is -2.31. The van der Waals surface area contributed by atoms with Crippen molar-refractivity contribution in [2.75, 3.05) is 6.54 Å². The van der Waals surface area contributed by atoms with E-state index in [1.807, 2.05) is 6.07 Å². The van der Waals surface area contributed by atoms with Crippen LogP contribution in [0.2, 0.25) is 0 Å². The Kier molecular flexibility index (Phi) is 6.90. The summed E-state index contributed by atoms with van der Waals surface area (Å²) in [6.07, 6.45) is 3.18. The lowest BCUT2D eigenvalue weighted by atomic mass is 10.1. The number of amides is 1. The van der Waals surface area contributed by atoms with E-state index in [1.165, 1.54) is 6.26 Å². The summed E-state index contributed by atoms with van der Waals surface area (Å²) in [6, 6.07) is 5.53. The van der Waals surface area contributed by atoms with Crippen molar-refractivity contribution in [3.05, 3.63) is 24.2 Å². The fourth-order valence-corrected chi connectivity index (χ4v) is 1.78. The first kappa shape index (κ1) is 15.8. The third-order valence-electron chi connectivity index (χ3n) is 2.80. The summed E-state index contributed by atoms with van der Waals surface area (Å²) >= 11 is 0. The van der Waals surface area contributed by atoms with Gasteiger partial charge in [0.05, 0.1) is 25.3 Å². The van der Waals surface area contributed by atoms with Gasteiger partial charge in [0.25, 0.3) is 0 Å². The van der Waals surface area contributed by atoms with E-state index in [9.17, 15) is 9.59 Å². The molecule has 1 heterocycles. The van der Waals surface area contributed by atoms with Crippen LogP contribution in [-0.2, 0) is 16.1 Å². The van der Waals surface area contributed by atoms with Gasteiger partial charge in [0.2, 0.25) is 5.91 Å². The Bertz CT molecular complexity index is 462. The third kappa shape index (κ3) is 6.05. The van der Waals surface area contributed by atoms with Crippen LogP contribution >= 0.6 is 0 Å². The van der Waals surface area contributed by atoms with Gasteiger partial charge >= 0.3 is 5.97 Å². The Morgan fingerprint density at radius 1 is 1.35 bits per heavy atom. The summed E-state index contributed by atoms with van der Waals surface area (Å²) in [6.45, 7) is 0.696. The van der Waals surface area contributed by atoms with E-state index in [0.29, 0.717) is 38.1 Å². The van der Waals surface area contributed by atoms with Gasteiger partial charge in [0.15, 0.2) is 0 Å². The molecule has 108 valence electrons. The average Bonchev–Trinajstić information content (AvgIpc) is 2.92. The molecule has 1 aromatic heterocycles. The van der Waals surface area contributed by atoms with Gasteiger partial charge in [-0.25, -0.2) is 0 Å². The summed E-state index contributed by atoms with van der Waals surface area (Å²) in [5.74, 6) is -0.266. The van der Waals surface area contributed by atoms with Gasteiger partial charge in [-0.05, 0) is 25.0 Å². The number of hydrogen-bond donors (Lipinski definition) is 1. The molecule has 0 aliphatic heterocycles. The van der Waals surface area contributed by atoms with Gasteiger partial charge in [0, 0.05) is 19.4 Å². The topological polar surface area (TPSA) is 94.5 Å². The van der Waals surface area contributed by atoms with Crippen molar-refractivity contribution >= 4 is 11.9 Å². The molecule has 0 fully saturated rings. The summed E-state index contributed by atoms with van der Waals surface area (Å²) in [5, 5.41) is 17.2. The molecule has 0 unspecified atom stereocenters. The number of aliphatic carboxylic acids is 1. The minimum Gasteiger partial charge on any atom is -0.481 e. The fraction of sp³-hybridized carbons (Fsp3) is 0.500. The smallest absolute Gasteiger partial charge is 0.303 e. The van der Waals surface area contributed by atoms with E-state index in [4.69, 9.17) is 14.8 Å². The van der Waals surface area contributed by atoms with E-state index in [0.717, 1.165) is 0 Å². The number of nitriles is 1. The maximum Gasteiger partial charge on any atom is 0.303 e. The molecule has 0 bridgehead atoms. The highest BCUT2D eigenvalue weighted by atomic mass is 16.4. The molecule has 0 aliphatic rings. The quantitative estimate of drug-likeness (QED) is 0.698. The van der Waals surface area contributed by atoms with Crippen LogP contribution in [-0.4, -0.2) is 28.4 Å². The maximum atomic E-state index is 12.0. The van der Waals surface area contributed by atoms with Crippen LogP contribution in [0.15, 0.2) is 22.8 Å². The van der Waals surface area contributed by atoms with Crippen LogP contribution < -0.4 is 0 Å².